The highest BCUT2D eigenvalue weighted by Gasteiger charge is 2.41. The van der Waals surface area contributed by atoms with Crippen molar-refractivity contribution in [2.45, 2.75) is 104 Å². The number of rotatable bonds is 11. The lowest BCUT2D eigenvalue weighted by Gasteiger charge is -2.38. The molecule has 6 rings (SSSR count). The van der Waals surface area contributed by atoms with Crippen LogP contribution in [-0.4, -0.2) is 14.7 Å². The summed E-state index contributed by atoms with van der Waals surface area (Å²) in [6.07, 6.45) is 7.57. The molecule has 0 fully saturated rings. The first kappa shape index (κ1) is 36.3. The molecule has 0 spiro atoms. The Labute approximate surface area is 307 Å². The van der Waals surface area contributed by atoms with E-state index in [4.69, 9.17) is 4.74 Å². The molecule has 1 nitrogen and oxygen atoms in total. The van der Waals surface area contributed by atoms with Gasteiger partial charge in [-0.25, -0.2) is 0 Å². The maximum absolute atomic E-state index is 6.07. The number of hydrogen-bond donors (Lipinski definition) is 0. The average molecular weight is 687 g/mol. The van der Waals surface area contributed by atoms with Gasteiger partial charge < -0.3 is 4.74 Å². The molecule has 0 aromatic heterocycles. The van der Waals surface area contributed by atoms with E-state index in [1.807, 2.05) is 0 Å². The zero-order valence-electron chi connectivity index (χ0n) is 31.8. The van der Waals surface area contributed by atoms with Crippen molar-refractivity contribution in [1.82, 2.24) is 0 Å². The van der Waals surface area contributed by atoms with Crippen LogP contribution in [0.3, 0.4) is 0 Å². The van der Waals surface area contributed by atoms with Crippen molar-refractivity contribution < 1.29 is 4.74 Å². The minimum Gasteiger partial charge on any atom is -0.494 e. The molecule has 0 aliphatic rings. The van der Waals surface area contributed by atoms with Crippen molar-refractivity contribution in [2.75, 3.05) is 6.61 Å². The van der Waals surface area contributed by atoms with Crippen LogP contribution in [0, 0.1) is 23.3 Å². The Morgan fingerprint density at radius 3 is 1.39 bits per heavy atom. The van der Waals surface area contributed by atoms with E-state index in [-0.39, 0.29) is 0 Å². The zero-order valence-corrected chi connectivity index (χ0v) is 32.8. The summed E-state index contributed by atoms with van der Waals surface area (Å²) in [5, 5.41) is 9.59. The Hall–Kier alpha value is -4.50. The average Bonchev–Trinajstić information content (AvgIpc) is 3.12. The summed E-state index contributed by atoms with van der Waals surface area (Å²) in [4.78, 5) is 0. The molecule has 51 heavy (non-hydrogen) atoms. The van der Waals surface area contributed by atoms with Crippen LogP contribution >= 0.6 is 0 Å². The van der Waals surface area contributed by atoms with Crippen molar-refractivity contribution in [3.63, 3.8) is 0 Å². The molecule has 0 unspecified atom stereocenters. The molecule has 0 atom stereocenters. The molecule has 6 aromatic carbocycles. The second-order valence-corrected chi connectivity index (χ2v) is 20.9. The Morgan fingerprint density at radius 2 is 0.941 bits per heavy atom. The highest BCUT2D eigenvalue weighted by molar-refractivity contribution is 6.90. The lowest BCUT2D eigenvalue weighted by atomic mass is 9.89. The van der Waals surface area contributed by atoms with Gasteiger partial charge in [-0.15, -0.1) is 5.54 Å². The zero-order chi connectivity index (χ0) is 36.0. The third kappa shape index (κ3) is 7.73. The van der Waals surface area contributed by atoms with Crippen LogP contribution in [0.2, 0.25) is 16.6 Å². The fraction of sp³-hybridized carbons (Fsp3) is 0.347. The molecule has 260 valence electrons. The van der Waals surface area contributed by atoms with E-state index in [1.54, 1.807) is 0 Å². The van der Waals surface area contributed by atoms with Crippen LogP contribution < -0.4 is 4.74 Å². The van der Waals surface area contributed by atoms with Crippen LogP contribution in [0.5, 0.6) is 5.75 Å². The maximum Gasteiger partial charge on any atom is 0.146 e. The molecule has 0 aliphatic heterocycles. The van der Waals surface area contributed by atoms with Crippen LogP contribution in [-0.2, 0) is 0 Å². The van der Waals surface area contributed by atoms with E-state index >= 15 is 0 Å². The van der Waals surface area contributed by atoms with E-state index in [0.717, 1.165) is 46.2 Å². The van der Waals surface area contributed by atoms with Crippen molar-refractivity contribution in [1.29, 1.82) is 0 Å². The molecule has 0 amide bonds. The van der Waals surface area contributed by atoms with Crippen LogP contribution in [0.4, 0.5) is 0 Å². The molecule has 0 radical (unpaired) electrons. The molecule has 2 heteroatoms. The summed E-state index contributed by atoms with van der Waals surface area (Å²) in [5.74, 6) is 12.1. The third-order valence-electron chi connectivity index (χ3n) is 11.1. The quantitative estimate of drug-likeness (QED) is 0.0570. The maximum atomic E-state index is 6.07. The van der Waals surface area contributed by atoms with Crippen molar-refractivity contribution in [2.24, 2.45) is 0 Å². The fourth-order valence-corrected chi connectivity index (χ4v) is 13.5. The van der Waals surface area contributed by atoms with E-state index < -0.39 is 8.07 Å². The Kier molecular flexibility index (Phi) is 11.6. The highest BCUT2D eigenvalue weighted by Crippen LogP contribution is 2.42. The lowest BCUT2D eigenvalue weighted by molar-refractivity contribution is 0.304. The Bertz CT molecular complexity index is 2150. The molecule has 0 heterocycles. The molecule has 0 aliphatic carbocycles. The third-order valence-corrected chi connectivity index (χ3v) is 17.4. The van der Waals surface area contributed by atoms with Gasteiger partial charge in [0.25, 0.3) is 0 Å². The minimum atomic E-state index is -1.99. The van der Waals surface area contributed by atoms with Crippen molar-refractivity contribution >= 4 is 51.2 Å². The predicted molar refractivity (Wildman–Crippen MR) is 226 cm³/mol. The first-order valence-electron chi connectivity index (χ1n) is 19.3. The normalized spacial score (nSPS) is 11.8. The second kappa shape index (κ2) is 16.2. The fourth-order valence-electron chi connectivity index (χ4n) is 8.31. The van der Waals surface area contributed by atoms with Gasteiger partial charge in [0.05, 0.1) is 6.61 Å². The SMILES string of the molecule is CCCCCCCCOc1ccc(C#Cc2c3cc4ccccc4cc3c(C#C[Si](C(C)C)(C(C)C)C(C)C)c3cc4ccccc4cc23)cc1. The monoisotopic (exact) mass is 686 g/mol. The van der Waals surface area contributed by atoms with Gasteiger partial charge in [-0.1, -0.05) is 147 Å². The highest BCUT2D eigenvalue weighted by atomic mass is 28.3. The molecule has 6 aromatic rings. The number of hydrogen-bond acceptors (Lipinski definition) is 1. The number of unbranched alkanes of at least 4 members (excludes halogenated alkanes) is 5. The van der Waals surface area contributed by atoms with Gasteiger partial charge in [-0.3, -0.25) is 0 Å². The summed E-state index contributed by atoms with van der Waals surface area (Å²) in [6, 6.07) is 35.0. The molecule has 0 N–H and O–H groups in total. The molecular formula is C49H54OSi. The molecular weight excluding hydrogens is 633 g/mol. The lowest BCUT2D eigenvalue weighted by Crippen LogP contribution is -2.43. The van der Waals surface area contributed by atoms with Crippen molar-refractivity contribution in [3.05, 3.63) is 114 Å². The van der Waals surface area contributed by atoms with Gasteiger partial charge in [0.15, 0.2) is 0 Å². The van der Waals surface area contributed by atoms with Crippen LogP contribution in [0.25, 0.3) is 43.1 Å². The largest absolute Gasteiger partial charge is 0.494 e. The predicted octanol–water partition coefficient (Wildman–Crippen LogP) is 14.0. The second-order valence-electron chi connectivity index (χ2n) is 15.3. The number of ether oxygens (including phenoxy) is 1. The summed E-state index contributed by atoms with van der Waals surface area (Å²) in [7, 11) is -1.99. The smallest absolute Gasteiger partial charge is 0.146 e. The van der Waals surface area contributed by atoms with Gasteiger partial charge in [0.1, 0.15) is 13.8 Å². The van der Waals surface area contributed by atoms with E-state index in [0.29, 0.717) is 16.6 Å². The van der Waals surface area contributed by atoms with E-state index in [2.05, 4.69) is 169 Å². The standard InChI is InChI=1S/C49H54OSi/c1-8-9-10-11-12-17-29-50-43-25-22-38(23-26-43)24-27-44-46-31-39-18-13-15-20-41(39)33-48(46)45(28-30-51(35(2)3,36(4)5)37(6)7)49-34-42-21-16-14-19-40(42)32-47(44)49/h13-16,18-23,25-26,31-37H,8-12,17,29H2,1-7H3. The van der Waals surface area contributed by atoms with Crippen molar-refractivity contribution in [3.8, 4) is 29.1 Å². The number of fused-ring (bicyclic) bond motifs is 4. The molecule has 0 saturated heterocycles. The van der Waals surface area contributed by atoms with E-state index in [1.165, 1.54) is 64.4 Å². The van der Waals surface area contributed by atoms with Crippen LogP contribution in [0.1, 0.15) is 104 Å². The summed E-state index contributed by atoms with van der Waals surface area (Å²) in [6.45, 7) is 17.4. The summed E-state index contributed by atoms with van der Waals surface area (Å²) in [5.41, 5.74) is 8.93. The van der Waals surface area contributed by atoms with Crippen LogP contribution in [0.15, 0.2) is 97.1 Å². The van der Waals surface area contributed by atoms with E-state index in [9.17, 15) is 0 Å². The first-order valence-corrected chi connectivity index (χ1v) is 21.5. The van der Waals surface area contributed by atoms with Gasteiger partial charge in [-0.2, -0.15) is 0 Å². The van der Waals surface area contributed by atoms with Gasteiger partial charge in [0.2, 0.25) is 0 Å². The molecule has 0 saturated carbocycles. The van der Waals surface area contributed by atoms with Gasteiger partial charge >= 0.3 is 0 Å². The minimum absolute atomic E-state index is 0.557. The topological polar surface area (TPSA) is 9.23 Å². The van der Waals surface area contributed by atoms with Gasteiger partial charge in [0, 0.05) is 16.7 Å². The number of benzene rings is 6. The molecule has 0 bridgehead atoms. The Balaban J connectivity index is 1.51. The first-order chi connectivity index (χ1) is 24.7. The summed E-state index contributed by atoms with van der Waals surface area (Å²) < 4.78 is 6.07. The Morgan fingerprint density at radius 1 is 0.510 bits per heavy atom. The summed E-state index contributed by atoms with van der Waals surface area (Å²) >= 11 is 0. The van der Waals surface area contributed by atoms with Gasteiger partial charge in [-0.05, 0) is 115 Å².